The summed E-state index contributed by atoms with van der Waals surface area (Å²) in [6.07, 6.45) is -4.38. The van der Waals surface area contributed by atoms with Gasteiger partial charge in [-0.25, -0.2) is 13.1 Å². The van der Waals surface area contributed by atoms with Gasteiger partial charge in [-0.1, -0.05) is 15.9 Å². The number of alkyl halides is 3. The van der Waals surface area contributed by atoms with Crippen molar-refractivity contribution in [1.29, 1.82) is 5.26 Å². The third kappa shape index (κ3) is 5.11. The predicted molar refractivity (Wildman–Crippen MR) is 138 cm³/mol. The Labute approximate surface area is 224 Å². The highest BCUT2D eigenvalue weighted by Gasteiger charge is 2.37. The summed E-state index contributed by atoms with van der Waals surface area (Å²) in [5.41, 5.74) is 2.15. The van der Waals surface area contributed by atoms with Crippen molar-refractivity contribution in [2.45, 2.75) is 48.7 Å². The first kappa shape index (κ1) is 26.5. The predicted octanol–water partition coefficient (Wildman–Crippen LogP) is 5.76. The highest BCUT2D eigenvalue weighted by atomic mass is 79.9. The van der Waals surface area contributed by atoms with E-state index >= 15 is 0 Å². The number of nitrogens with one attached hydrogen (secondary N) is 1. The zero-order valence-corrected chi connectivity index (χ0v) is 22.0. The molecular formula is C26H21BrF3N3O4S. The fourth-order valence-corrected chi connectivity index (χ4v) is 6.75. The van der Waals surface area contributed by atoms with Gasteiger partial charge in [0.15, 0.2) is 0 Å². The molecular weight excluding hydrogens is 587 g/mol. The van der Waals surface area contributed by atoms with Gasteiger partial charge in [-0.15, -0.1) is 13.2 Å². The molecule has 1 saturated carbocycles. The molecule has 7 nitrogen and oxygen atoms in total. The molecule has 0 spiro atoms. The van der Waals surface area contributed by atoms with Gasteiger partial charge in [-0.05, 0) is 79.9 Å². The molecule has 1 unspecified atom stereocenters. The average Bonchev–Trinajstić information content (AvgIpc) is 3.17. The number of hydrogen-bond donors (Lipinski definition) is 2. The van der Waals surface area contributed by atoms with E-state index in [1.807, 2.05) is 28.8 Å². The molecule has 0 saturated heterocycles. The summed E-state index contributed by atoms with van der Waals surface area (Å²) in [7, 11) is -4.14. The van der Waals surface area contributed by atoms with E-state index in [1.165, 1.54) is 0 Å². The second-order valence-corrected chi connectivity index (χ2v) is 11.7. The number of sulfonamides is 1. The molecule has 0 aliphatic heterocycles. The standard InChI is InChI=1S/C26H21BrF3N3O4S/c27-16-5-11-23-20(13-16)19-12-15(14-31)4-10-22(19)33(23)24-3-1-2-21(25(24)34)32-38(35,36)18-8-6-17(7-9-18)37-26(28,29)30/h4-13,21,24-25,32,34H,1-3H2/t21-,24?,25+/m1/s1. The van der Waals surface area contributed by atoms with Crippen LogP contribution in [0, 0.1) is 11.3 Å². The minimum absolute atomic E-state index is 0.243. The summed E-state index contributed by atoms with van der Waals surface area (Å²) in [5.74, 6) is -0.535. The van der Waals surface area contributed by atoms with Crippen LogP contribution >= 0.6 is 15.9 Å². The molecule has 12 heteroatoms. The summed E-state index contributed by atoms with van der Waals surface area (Å²) in [6, 6.07) is 15.8. The van der Waals surface area contributed by atoms with E-state index in [4.69, 9.17) is 0 Å². The van der Waals surface area contributed by atoms with Crippen molar-refractivity contribution in [3.63, 3.8) is 0 Å². The lowest BCUT2D eigenvalue weighted by Crippen LogP contribution is -2.49. The van der Waals surface area contributed by atoms with E-state index in [9.17, 15) is 32.0 Å². The summed E-state index contributed by atoms with van der Waals surface area (Å²) in [5, 5.41) is 22.5. The molecule has 3 atom stereocenters. The molecule has 1 fully saturated rings. The highest BCUT2D eigenvalue weighted by molar-refractivity contribution is 9.10. The molecule has 1 heterocycles. The lowest BCUT2D eigenvalue weighted by molar-refractivity contribution is -0.274. The number of hydrogen-bond acceptors (Lipinski definition) is 5. The Morgan fingerprint density at radius 2 is 1.68 bits per heavy atom. The molecule has 3 aromatic carbocycles. The summed E-state index contributed by atoms with van der Waals surface area (Å²) >= 11 is 3.49. The summed E-state index contributed by atoms with van der Waals surface area (Å²) in [4.78, 5) is -0.243. The third-order valence-electron chi connectivity index (χ3n) is 6.72. The minimum Gasteiger partial charge on any atom is -0.406 e. The lowest BCUT2D eigenvalue weighted by Gasteiger charge is -2.36. The Balaban J connectivity index is 1.46. The number of ether oxygens (including phenoxy) is 1. The Morgan fingerprint density at radius 1 is 1.03 bits per heavy atom. The fraction of sp³-hybridized carbons (Fsp3) is 0.269. The largest absolute Gasteiger partial charge is 0.573 e. The fourth-order valence-electron chi connectivity index (χ4n) is 5.11. The first-order valence-corrected chi connectivity index (χ1v) is 13.9. The average molecular weight is 608 g/mol. The number of fused-ring (bicyclic) bond motifs is 3. The molecule has 38 heavy (non-hydrogen) atoms. The van der Waals surface area contributed by atoms with Crippen LogP contribution in [-0.4, -0.2) is 36.6 Å². The van der Waals surface area contributed by atoms with Crippen LogP contribution in [0.2, 0.25) is 0 Å². The number of aliphatic hydroxyl groups is 1. The number of nitriles is 1. The van der Waals surface area contributed by atoms with Crippen LogP contribution in [-0.2, 0) is 10.0 Å². The monoisotopic (exact) mass is 607 g/mol. The molecule has 2 N–H and O–H groups in total. The van der Waals surface area contributed by atoms with Crippen molar-refractivity contribution < 1.29 is 31.4 Å². The van der Waals surface area contributed by atoms with Crippen LogP contribution < -0.4 is 9.46 Å². The van der Waals surface area contributed by atoms with Gasteiger partial charge >= 0.3 is 6.36 Å². The van der Waals surface area contributed by atoms with E-state index in [0.717, 1.165) is 50.5 Å². The Hall–Kier alpha value is -3.11. The number of benzene rings is 3. The molecule has 1 aliphatic rings. The number of nitrogens with zero attached hydrogens (tertiary/aromatic N) is 2. The molecule has 198 valence electrons. The van der Waals surface area contributed by atoms with Gasteiger partial charge in [-0.3, -0.25) is 0 Å². The van der Waals surface area contributed by atoms with Crippen molar-refractivity contribution in [2.75, 3.05) is 0 Å². The SMILES string of the molecule is N#Cc1ccc2c(c1)c1cc(Br)ccc1n2C1CCC[C@@H](NS(=O)(=O)c2ccc(OC(F)(F)F)cc2)[C@@H]1O. The van der Waals surface area contributed by atoms with Crippen LogP contribution in [0.4, 0.5) is 13.2 Å². The van der Waals surface area contributed by atoms with E-state index in [0.29, 0.717) is 24.8 Å². The molecule has 0 amide bonds. The Kier molecular flexibility index (Phi) is 6.89. The summed E-state index contributed by atoms with van der Waals surface area (Å²) < 4.78 is 72.6. The first-order valence-electron chi connectivity index (χ1n) is 11.7. The van der Waals surface area contributed by atoms with Crippen molar-refractivity contribution >= 4 is 47.8 Å². The molecule has 1 aromatic heterocycles. The molecule has 4 aromatic rings. The zero-order valence-electron chi connectivity index (χ0n) is 19.6. The van der Waals surface area contributed by atoms with Crippen molar-refractivity contribution in [1.82, 2.24) is 9.29 Å². The van der Waals surface area contributed by atoms with Crippen molar-refractivity contribution in [3.05, 3.63) is 70.7 Å². The molecule has 5 rings (SSSR count). The minimum atomic E-state index is -4.89. The molecule has 1 aliphatic carbocycles. The van der Waals surface area contributed by atoms with Gasteiger partial charge in [0, 0.05) is 26.3 Å². The Bertz CT molecular complexity index is 1660. The normalized spacial score (nSPS) is 20.5. The quantitative estimate of drug-likeness (QED) is 0.300. The number of rotatable bonds is 5. The van der Waals surface area contributed by atoms with E-state index < -0.39 is 40.3 Å². The topological polar surface area (TPSA) is 104 Å². The van der Waals surface area contributed by atoms with Gasteiger partial charge in [0.25, 0.3) is 0 Å². The smallest absolute Gasteiger partial charge is 0.406 e. The zero-order chi connectivity index (χ0) is 27.2. The summed E-state index contributed by atoms with van der Waals surface area (Å²) in [6.45, 7) is 0. The van der Waals surface area contributed by atoms with Gasteiger partial charge < -0.3 is 14.4 Å². The third-order valence-corrected chi connectivity index (χ3v) is 8.72. The Morgan fingerprint density at radius 3 is 2.34 bits per heavy atom. The maximum atomic E-state index is 13.0. The second kappa shape index (κ2) is 9.89. The van der Waals surface area contributed by atoms with Crippen molar-refractivity contribution in [2.24, 2.45) is 0 Å². The maximum Gasteiger partial charge on any atom is 0.573 e. The van der Waals surface area contributed by atoms with E-state index in [1.54, 1.807) is 12.1 Å². The van der Waals surface area contributed by atoms with Crippen LogP contribution in [0.25, 0.3) is 21.8 Å². The number of aliphatic hydroxyl groups excluding tert-OH is 1. The highest BCUT2D eigenvalue weighted by Crippen LogP contribution is 2.39. The number of halogens is 4. The second-order valence-electron chi connectivity index (χ2n) is 9.11. The van der Waals surface area contributed by atoms with Gasteiger partial charge in [-0.2, -0.15) is 5.26 Å². The van der Waals surface area contributed by atoms with Crippen LogP contribution in [0.3, 0.4) is 0 Å². The maximum absolute atomic E-state index is 13.0. The lowest BCUT2D eigenvalue weighted by atomic mass is 9.88. The van der Waals surface area contributed by atoms with Crippen LogP contribution in [0.1, 0.15) is 30.9 Å². The van der Waals surface area contributed by atoms with Gasteiger partial charge in [0.05, 0.1) is 34.7 Å². The molecule has 0 radical (unpaired) electrons. The van der Waals surface area contributed by atoms with Gasteiger partial charge in [0.2, 0.25) is 10.0 Å². The van der Waals surface area contributed by atoms with Crippen LogP contribution in [0.5, 0.6) is 5.75 Å². The van der Waals surface area contributed by atoms with E-state index in [-0.39, 0.29) is 4.90 Å². The van der Waals surface area contributed by atoms with Crippen molar-refractivity contribution in [3.8, 4) is 11.8 Å². The number of aromatic nitrogens is 1. The molecule has 0 bridgehead atoms. The van der Waals surface area contributed by atoms with Gasteiger partial charge in [0.1, 0.15) is 5.75 Å². The van der Waals surface area contributed by atoms with E-state index in [2.05, 4.69) is 31.5 Å². The van der Waals surface area contributed by atoms with Crippen LogP contribution in [0.15, 0.2) is 70.0 Å². The first-order chi connectivity index (χ1) is 18.0.